The number of unbranched alkanes of at least 4 members (excludes halogenated alkanes) is 15. The first-order chi connectivity index (χ1) is 16.3. The lowest BCUT2D eigenvalue weighted by Crippen LogP contribution is -2.41. The van der Waals surface area contributed by atoms with E-state index >= 15 is 0 Å². The number of hydrogen-bond acceptors (Lipinski definition) is 5. The van der Waals surface area contributed by atoms with Crippen molar-refractivity contribution >= 4 is 0 Å². The summed E-state index contributed by atoms with van der Waals surface area (Å²) in [4.78, 5) is 2.25. The average Bonchev–Trinajstić information content (AvgIpc) is 2.82. The molecule has 0 bridgehead atoms. The van der Waals surface area contributed by atoms with Crippen molar-refractivity contribution in [3.63, 3.8) is 0 Å². The van der Waals surface area contributed by atoms with Gasteiger partial charge in [0.1, 0.15) is 0 Å². The quantitative estimate of drug-likeness (QED) is 0.0973. The normalized spacial score (nSPS) is 11.9. The highest BCUT2D eigenvalue weighted by molar-refractivity contribution is 4.73. The molecule has 0 saturated carbocycles. The Bertz CT molecular complexity index is 363. The zero-order chi connectivity index (χ0) is 24.2. The fourth-order valence-electron chi connectivity index (χ4n) is 4.77. The van der Waals surface area contributed by atoms with Crippen LogP contribution in [0.2, 0.25) is 0 Å². The average molecular weight is 513 g/mol. The third-order valence-electron chi connectivity index (χ3n) is 6.85. The Morgan fingerprint density at radius 1 is 0.514 bits per heavy atom. The van der Waals surface area contributed by atoms with Crippen molar-refractivity contribution in [1.82, 2.24) is 10.2 Å². The molecular formula is C28H62F2N2O3. The smallest absolute Gasteiger partial charge is 0.0558 e. The summed E-state index contributed by atoms with van der Waals surface area (Å²) in [6, 6.07) is 0.414. The highest BCUT2D eigenvalue weighted by Gasteiger charge is 2.17. The van der Waals surface area contributed by atoms with Gasteiger partial charge in [-0.05, 0) is 32.4 Å². The van der Waals surface area contributed by atoms with E-state index in [-0.39, 0.29) is 29.2 Å². The van der Waals surface area contributed by atoms with Crippen LogP contribution in [0, 0.1) is 0 Å². The molecule has 0 saturated heterocycles. The Balaban J connectivity index is -0.00000512. The third-order valence-corrected chi connectivity index (χ3v) is 6.85. The number of aliphatic hydroxyl groups is 3. The first-order valence-electron chi connectivity index (χ1n) is 14.6. The molecule has 0 aliphatic carbocycles. The molecule has 4 N–H and O–H groups in total. The minimum absolute atomic E-state index is 0. The minimum Gasteiger partial charge on any atom is -0.396 e. The van der Waals surface area contributed by atoms with Crippen molar-refractivity contribution in [2.45, 2.75) is 135 Å². The fourth-order valence-corrected chi connectivity index (χ4v) is 4.77. The summed E-state index contributed by atoms with van der Waals surface area (Å²) in [5, 5.41) is 31.1. The molecule has 0 aromatic rings. The second-order valence-electron chi connectivity index (χ2n) is 9.84. The van der Waals surface area contributed by atoms with Crippen molar-refractivity contribution in [2.24, 2.45) is 0 Å². The van der Waals surface area contributed by atoms with Crippen LogP contribution in [-0.2, 0) is 0 Å². The minimum atomic E-state index is 0. The summed E-state index contributed by atoms with van der Waals surface area (Å²) in [6.07, 6.45) is 25.2. The van der Waals surface area contributed by atoms with Gasteiger partial charge in [0.2, 0.25) is 0 Å². The zero-order valence-electron chi connectivity index (χ0n) is 23.1. The molecule has 0 aromatic carbocycles. The van der Waals surface area contributed by atoms with E-state index in [9.17, 15) is 10.2 Å². The molecule has 0 spiro atoms. The largest absolute Gasteiger partial charge is 0.396 e. The lowest BCUT2D eigenvalue weighted by atomic mass is 10.0. The lowest BCUT2D eigenvalue weighted by Gasteiger charge is -2.31. The molecule has 0 rings (SSSR count). The summed E-state index contributed by atoms with van der Waals surface area (Å²) in [5.41, 5.74) is 0. The molecule has 0 fully saturated rings. The number of aliphatic hydroxyl groups excluding tert-OH is 3. The maximum absolute atomic E-state index is 9.40. The molecule has 0 aliphatic heterocycles. The molecule has 0 amide bonds. The van der Waals surface area contributed by atoms with Crippen LogP contribution in [0.5, 0.6) is 0 Å². The summed E-state index contributed by atoms with van der Waals surface area (Å²) in [6.45, 7) is 5.87. The predicted octanol–water partition coefficient (Wildman–Crippen LogP) is 5.96. The van der Waals surface area contributed by atoms with Gasteiger partial charge in [-0.15, -0.1) is 0 Å². The van der Waals surface area contributed by atoms with Gasteiger partial charge in [-0.3, -0.25) is 14.3 Å². The number of hydrogen-bond donors (Lipinski definition) is 4. The van der Waals surface area contributed by atoms with Crippen LogP contribution in [-0.4, -0.2) is 72.3 Å². The van der Waals surface area contributed by atoms with E-state index in [1.165, 1.54) is 103 Å². The highest BCUT2D eigenvalue weighted by Crippen LogP contribution is 2.16. The second-order valence-corrected chi connectivity index (χ2v) is 9.84. The molecule has 1 unspecified atom stereocenters. The van der Waals surface area contributed by atoms with E-state index in [2.05, 4.69) is 17.1 Å². The first-order valence-corrected chi connectivity index (χ1v) is 14.6. The van der Waals surface area contributed by atoms with Gasteiger partial charge in [0.05, 0.1) is 13.2 Å². The molecule has 0 aliphatic rings. The molecule has 35 heavy (non-hydrogen) atoms. The van der Waals surface area contributed by atoms with Crippen molar-refractivity contribution in [2.75, 3.05) is 46.0 Å². The Morgan fingerprint density at radius 3 is 1.34 bits per heavy atom. The molecule has 7 heteroatoms. The molecular weight excluding hydrogens is 450 g/mol. The number of rotatable bonds is 28. The SMILES string of the molecule is CCCCCCCCCCCCCCCCCCC(CCNCCCO)N(CCO)CCO.F.F. The standard InChI is InChI=1S/C28H60N2O3.2FH/c1-2-3-4-5-6-7-8-9-10-11-12-13-14-15-16-17-19-28(20-22-29-21-18-25-31)30(23-26-32)24-27-33;;/h28-29,31-33H,2-27H2,1H3;2*1H. The Morgan fingerprint density at radius 2 is 0.943 bits per heavy atom. The monoisotopic (exact) mass is 512 g/mol. The molecule has 216 valence electrons. The maximum Gasteiger partial charge on any atom is 0.0558 e. The Labute approximate surface area is 216 Å². The Kier molecular flexibility index (Phi) is 37.7. The first kappa shape index (κ1) is 39.2. The summed E-state index contributed by atoms with van der Waals surface area (Å²) in [7, 11) is 0. The number of halogens is 2. The molecule has 0 aromatic heterocycles. The van der Waals surface area contributed by atoms with E-state index in [4.69, 9.17) is 5.11 Å². The zero-order valence-corrected chi connectivity index (χ0v) is 23.1. The van der Waals surface area contributed by atoms with Crippen LogP contribution in [0.3, 0.4) is 0 Å². The fraction of sp³-hybridized carbons (Fsp3) is 1.00. The van der Waals surface area contributed by atoms with Gasteiger partial charge in [0.25, 0.3) is 0 Å². The van der Waals surface area contributed by atoms with Crippen LogP contribution in [0.1, 0.15) is 129 Å². The van der Waals surface area contributed by atoms with Crippen molar-refractivity contribution < 1.29 is 24.7 Å². The van der Waals surface area contributed by atoms with Gasteiger partial charge in [-0.25, -0.2) is 0 Å². The van der Waals surface area contributed by atoms with Gasteiger partial charge >= 0.3 is 0 Å². The van der Waals surface area contributed by atoms with Gasteiger partial charge in [-0.2, -0.15) is 0 Å². The summed E-state index contributed by atoms with van der Waals surface area (Å²) >= 11 is 0. The molecule has 5 nitrogen and oxygen atoms in total. The maximum atomic E-state index is 9.40. The van der Waals surface area contributed by atoms with Crippen molar-refractivity contribution in [3.8, 4) is 0 Å². The van der Waals surface area contributed by atoms with E-state index in [0.29, 0.717) is 19.1 Å². The summed E-state index contributed by atoms with van der Waals surface area (Å²) < 4.78 is 0. The third kappa shape index (κ3) is 28.1. The number of nitrogens with one attached hydrogen (secondary N) is 1. The van der Waals surface area contributed by atoms with E-state index in [1.54, 1.807) is 0 Å². The van der Waals surface area contributed by atoms with E-state index < -0.39 is 0 Å². The second kappa shape index (κ2) is 33.7. The number of nitrogens with zero attached hydrogens (tertiary/aromatic N) is 1. The molecule has 1 atom stereocenters. The van der Waals surface area contributed by atoms with Gasteiger partial charge in [0, 0.05) is 25.7 Å². The Hall–Kier alpha value is -0.340. The highest BCUT2D eigenvalue weighted by atomic mass is 19.0. The predicted molar refractivity (Wildman–Crippen MR) is 148 cm³/mol. The van der Waals surface area contributed by atoms with E-state index in [1.807, 2.05) is 0 Å². The van der Waals surface area contributed by atoms with Gasteiger partial charge in [0.15, 0.2) is 0 Å². The lowest BCUT2D eigenvalue weighted by molar-refractivity contribution is 0.110. The van der Waals surface area contributed by atoms with Gasteiger partial charge < -0.3 is 20.6 Å². The molecule has 0 radical (unpaired) electrons. The van der Waals surface area contributed by atoms with Crippen LogP contribution >= 0.6 is 0 Å². The van der Waals surface area contributed by atoms with Crippen molar-refractivity contribution in [3.05, 3.63) is 0 Å². The molecule has 0 heterocycles. The van der Waals surface area contributed by atoms with Crippen molar-refractivity contribution in [1.29, 1.82) is 0 Å². The summed E-state index contributed by atoms with van der Waals surface area (Å²) in [5.74, 6) is 0. The topological polar surface area (TPSA) is 76.0 Å². The van der Waals surface area contributed by atoms with Crippen LogP contribution < -0.4 is 5.32 Å². The van der Waals surface area contributed by atoms with Crippen LogP contribution in [0.4, 0.5) is 9.41 Å². The van der Waals surface area contributed by atoms with Crippen LogP contribution in [0.25, 0.3) is 0 Å². The van der Waals surface area contributed by atoms with E-state index in [0.717, 1.165) is 32.4 Å². The van der Waals surface area contributed by atoms with Gasteiger partial charge in [-0.1, -0.05) is 110 Å². The van der Waals surface area contributed by atoms with Crippen LogP contribution in [0.15, 0.2) is 0 Å².